The number of aromatic hydroxyl groups is 1. The molecule has 1 atom stereocenters. The zero-order chi connectivity index (χ0) is 11.0. The standard InChI is InChI=1S/C11H13F2NO/c12-8-5-4-7(11(15)9(8)13)10(14)6-2-1-3-6/h4-6,10,15H,1-3,14H2/t10-/m0/s1. The number of nitrogens with two attached hydrogens (primary N) is 1. The fraction of sp³-hybridized carbons (Fsp3) is 0.455. The highest BCUT2D eigenvalue weighted by Crippen LogP contribution is 2.39. The Morgan fingerprint density at radius 2 is 2.00 bits per heavy atom. The van der Waals surface area contributed by atoms with Crippen molar-refractivity contribution in [3.8, 4) is 5.75 Å². The minimum Gasteiger partial charge on any atom is -0.505 e. The zero-order valence-corrected chi connectivity index (χ0v) is 8.21. The molecule has 0 heterocycles. The third kappa shape index (κ3) is 1.69. The quantitative estimate of drug-likeness (QED) is 0.792. The monoisotopic (exact) mass is 213 g/mol. The molecule has 0 bridgehead atoms. The van der Waals surface area contributed by atoms with Crippen molar-refractivity contribution in [1.82, 2.24) is 0 Å². The Labute approximate surface area is 86.7 Å². The van der Waals surface area contributed by atoms with Crippen LogP contribution in [0.4, 0.5) is 8.78 Å². The largest absolute Gasteiger partial charge is 0.505 e. The van der Waals surface area contributed by atoms with E-state index in [4.69, 9.17) is 5.73 Å². The second-order valence-corrected chi connectivity index (χ2v) is 4.02. The third-order valence-electron chi connectivity index (χ3n) is 3.12. The number of rotatable bonds is 2. The van der Waals surface area contributed by atoms with Crippen molar-refractivity contribution in [3.63, 3.8) is 0 Å². The third-order valence-corrected chi connectivity index (χ3v) is 3.12. The molecule has 15 heavy (non-hydrogen) atoms. The average molecular weight is 213 g/mol. The summed E-state index contributed by atoms with van der Waals surface area (Å²) in [5.41, 5.74) is 6.18. The highest BCUT2D eigenvalue weighted by Gasteiger charge is 2.28. The van der Waals surface area contributed by atoms with E-state index in [9.17, 15) is 13.9 Å². The van der Waals surface area contributed by atoms with E-state index in [0.717, 1.165) is 25.3 Å². The molecule has 0 radical (unpaired) electrons. The van der Waals surface area contributed by atoms with Gasteiger partial charge in [-0.2, -0.15) is 4.39 Å². The highest BCUT2D eigenvalue weighted by molar-refractivity contribution is 5.37. The molecule has 0 aliphatic heterocycles. The second kappa shape index (κ2) is 3.77. The molecule has 1 saturated carbocycles. The summed E-state index contributed by atoms with van der Waals surface area (Å²) in [6.07, 6.45) is 3.09. The molecule has 0 spiro atoms. The maximum absolute atomic E-state index is 13.1. The molecule has 0 saturated heterocycles. The molecule has 0 unspecified atom stereocenters. The van der Waals surface area contributed by atoms with Crippen molar-refractivity contribution in [2.45, 2.75) is 25.3 Å². The summed E-state index contributed by atoms with van der Waals surface area (Å²) in [5.74, 6) is -2.62. The van der Waals surface area contributed by atoms with E-state index in [1.807, 2.05) is 0 Å². The predicted molar refractivity (Wildman–Crippen MR) is 52.3 cm³/mol. The number of hydrogen-bond acceptors (Lipinski definition) is 2. The molecule has 3 N–H and O–H groups in total. The van der Waals surface area contributed by atoms with Crippen molar-refractivity contribution in [3.05, 3.63) is 29.3 Å². The smallest absolute Gasteiger partial charge is 0.200 e. The van der Waals surface area contributed by atoms with Gasteiger partial charge in [0.25, 0.3) is 0 Å². The second-order valence-electron chi connectivity index (χ2n) is 4.02. The van der Waals surface area contributed by atoms with E-state index < -0.39 is 23.4 Å². The Morgan fingerprint density at radius 1 is 1.33 bits per heavy atom. The summed E-state index contributed by atoms with van der Waals surface area (Å²) < 4.78 is 25.8. The summed E-state index contributed by atoms with van der Waals surface area (Å²) in [4.78, 5) is 0. The maximum Gasteiger partial charge on any atom is 0.200 e. The van der Waals surface area contributed by atoms with E-state index in [0.29, 0.717) is 5.56 Å². The van der Waals surface area contributed by atoms with Gasteiger partial charge in [-0.3, -0.25) is 0 Å². The van der Waals surface area contributed by atoms with Crippen LogP contribution >= 0.6 is 0 Å². The number of phenolic OH excluding ortho intramolecular Hbond substituents is 1. The molecule has 1 aromatic carbocycles. The number of benzene rings is 1. The van der Waals surface area contributed by atoms with Crippen molar-refractivity contribution in [2.24, 2.45) is 11.7 Å². The molecule has 4 heteroatoms. The van der Waals surface area contributed by atoms with Crippen LogP contribution in [0.2, 0.25) is 0 Å². The summed E-state index contributed by atoms with van der Waals surface area (Å²) in [7, 11) is 0. The first-order valence-corrected chi connectivity index (χ1v) is 5.03. The van der Waals surface area contributed by atoms with Gasteiger partial charge in [-0.1, -0.05) is 12.5 Å². The average Bonchev–Trinajstić information content (AvgIpc) is 2.11. The lowest BCUT2D eigenvalue weighted by Gasteiger charge is -2.31. The van der Waals surface area contributed by atoms with Crippen LogP contribution in [0, 0.1) is 17.6 Å². The Bertz CT molecular complexity index is 377. The molecule has 1 aliphatic carbocycles. The van der Waals surface area contributed by atoms with Gasteiger partial charge in [-0.25, -0.2) is 4.39 Å². The van der Waals surface area contributed by atoms with Crippen molar-refractivity contribution >= 4 is 0 Å². The molecule has 0 amide bonds. The molecule has 2 rings (SSSR count). The lowest BCUT2D eigenvalue weighted by Crippen LogP contribution is -2.27. The number of halogens is 2. The van der Waals surface area contributed by atoms with Crippen LogP contribution in [-0.4, -0.2) is 5.11 Å². The van der Waals surface area contributed by atoms with E-state index in [2.05, 4.69) is 0 Å². The number of phenols is 1. The van der Waals surface area contributed by atoms with Gasteiger partial charge in [-0.05, 0) is 24.8 Å². The lowest BCUT2D eigenvalue weighted by molar-refractivity contribution is 0.258. The lowest BCUT2D eigenvalue weighted by atomic mass is 9.77. The molecule has 1 aliphatic rings. The van der Waals surface area contributed by atoms with Gasteiger partial charge in [0.1, 0.15) is 0 Å². The molecule has 1 fully saturated rings. The first kappa shape index (κ1) is 10.4. The Balaban J connectivity index is 2.31. The number of hydrogen-bond donors (Lipinski definition) is 2. The Morgan fingerprint density at radius 3 is 2.53 bits per heavy atom. The van der Waals surface area contributed by atoms with Crippen molar-refractivity contribution in [2.75, 3.05) is 0 Å². The normalized spacial score (nSPS) is 18.6. The zero-order valence-electron chi connectivity index (χ0n) is 8.21. The van der Waals surface area contributed by atoms with Crippen LogP contribution in [0.15, 0.2) is 12.1 Å². The van der Waals surface area contributed by atoms with Gasteiger partial charge >= 0.3 is 0 Å². The fourth-order valence-corrected chi connectivity index (χ4v) is 1.88. The fourth-order valence-electron chi connectivity index (χ4n) is 1.88. The van der Waals surface area contributed by atoms with Crippen LogP contribution in [0.3, 0.4) is 0 Å². The Hall–Kier alpha value is -1.16. The summed E-state index contributed by atoms with van der Waals surface area (Å²) in [6, 6.07) is 1.97. The molecule has 2 nitrogen and oxygen atoms in total. The maximum atomic E-state index is 13.1. The topological polar surface area (TPSA) is 46.2 Å². The minimum absolute atomic E-state index is 0.278. The van der Waals surface area contributed by atoms with Gasteiger partial charge in [0.2, 0.25) is 5.82 Å². The van der Waals surface area contributed by atoms with Crippen molar-refractivity contribution < 1.29 is 13.9 Å². The molecular formula is C11H13F2NO. The van der Waals surface area contributed by atoms with Gasteiger partial charge in [0.15, 0.2) is 11.6 Å². The van der Waals surface area contributed by atoms with Crippen LogP contribution in [0.25, 0.3) is 0 Å². The van der Waals surface area contributed by atoms with E-state index >= 15 is 0 Å². The summed E-state index contributed by atoms with van der Waals surface area (Å²) in [5, 5.41) is 9.42. The van der Waals surface area contributed by atoms with Gasteiger partial charge in [0.05, 0.1) is 0 Å². The van der Waals surface area contributed by atoms with Crippen LogP contribution in [0.5, 0.6) is 5.75 Å². The van der Waals surface area contributed by atoms with E-state index in [1.165, 1.54) is 6.07 Å². The highest BCUT2D eigenvalue weighted by atomic mass is 19.2. The molecular weight excluding hydrogens is 200 g/mol. The predicted octanol–water partition coefficient (Wildman–Crippen LogP) is 2.47. The SMILES string of the molecule is N[C@H](c1ccc(F)c(F)c1O)C1CCC1. The summed E-state index contributed by atoms with van der Waals surface area (Å²) in [6.45, 7) is 0. The van der Waals surface area contributed by atoms with Crippen LogP contribution < -0.4 is 5.73 Å². The molecule has 82 valence electrons. The first-order valence-electron chi connectivity index (χ1n) is 5.03. The van der Waals surface area contributed by atoms with E-state index in [1.54, 1.807) is 0 Å². The summed E-state index contributed by atoms with van der Waals surface area (Å²) >= 11 is 0. The molecule has 0 aromatic heterocycles. The van der Waals surface area contributed by atoms with Gasteiger partial charge < -0.3 is 10.8 Å². The van der Waals surface area contributed by atoms with Crippen LogP contribution in [-0.2, 0) is 0 Å². The van der Waals surface area contributed by atoms with Crippen LogP contribution in [0.1, 0.15) is 30.9 Å². The first-order chi connectivity index (χ1) is 7.11. The molecule has 1 aromatic rings. The Kier molecular flexibility index (Phi) is 2.61. The van der Waals surface area contributed by atoms with E-state index in [-0.39, 0.29) is 5.92 Å². The van der Waals surface area contributed by atoms with Gasteiger partial charge in [-0.15, -0.1) is 0 Å². The van der Waals surface area contributed by atoms with Gasteiger partial charge in [0, 0.05) is 11.6 Å². The van der Waals surface area contributed by atoms with Crippen molar-refractivity contribution in [1.29, 1.82) is 0 Å². The minimum atomic E-state index is -1.21.